The Balaban J connectivity index is 3.09. The third-order valence-corrected chi connectivity index (χ3v) is 4.64. The summed E-state index contributed by atoms with van der Waals surface area (Å²) < 4.78 is 29.2. The quantitative estimate of drug-likeness (QED) is 0.730. The normalized spacial score (nSPS) is 11.6. The van der Waals surface area contributed by atoms with Gasteiger partial charge in [0.25, 0.3) is 0 Å². The maximum absolute atomic E-state index is 12.1. The summed E-state index contributed by atoms with van der Waals surface area (Å²) in [7, 11) is -3.70. The average molecular weight is 323 g/mol. The van der Waals surface area contributed by atoms with Crippen molar-refractivity contribution in [2.24, 2.45) is 0 Å². The Morgan fingerprint density at radius 3 is 2.55 bits per heavy atom. The van der Waals surface area contributed by atoms with Gasteiger partial charge in [-0.05, 0) is 24.6 Å². The summed E-state index contributed by atoms with van der Waals surface area (Å²) in [6.45, 7) is 1.18. The number of ether oxygens (including phenoxy) is 1. The minimum Gasteiger partial charge on any atom is -0.478 e. The van der Waals surface area contributed by atoms with E-state index in [1.54, 1.807) is 0 Å². The van der Waals surface area contributed by atoms with E-state index in [2.05, 4.69) is 0 Å². The standard InChI is InChI=1S/C12H15ClO6S/c1-8-10(12(15)16)6-9(13)7-11(8)20(17,18)5-4-19-3-2-14/h6-7,14H,2-5H2,1H3,(H,15,16). The highest BCUT2D eigenvalue weighted by Crippen LogP contribution is 2.25. The minimum atomic E-state index is -3.70. The fourth-order valence-corrected chi connectivity index (χ4v) is 3.37. The zero-order valence-corrected chi connectivity index (χ0v) is 12.4. The number of aliphatic hydroxyl groups excluding tert-OH is 1. The third-order valence-electron chi connectivity index (χ3n) is 2.62. The van der Waals surface area contributed by atoms with Gasteiger partial charge in [-0.15, -0.1) is 0 Å². The Labute approximate surface area is 121 Å². The van der Waals surface area contributed by atoms with Gasteiger partial charge in [0, 0.05) is 5.02 Å². The number of carbonyl (C=O) groups is 1. The number of hydrogen-bond acceptors (Lipinski definition) is 5. The van der Waals surface area contributed by atoms with Crippen LogP contribution in [0.4, 0.5) is 0 Å². The first-order valence-corrected chi connectivity index (χ1v) is 7.77. The molecule has 112 valence electrons. The third kappa shape index (κ3) is 4.17. The van der Waals surface area contributed by atoms with Crippen LogP contribution in [0.2, 0.25) is 5.02 Å². The summed E-state index contributed by atoms with van der Waals surface area (Å²) in [5.41, 5.74) is -0.00332. The van der Waals surface area contributed by atoms with E-state index in [0.717, 1.165) is 0 Å². The number of aromatic carboxylic acids is 1. The predicted octanol–water partition coefficient (Wildman–Crippen LogP) is 1.13. The van der Waals surface area contributed by atoms with E-state index in [-0.39, 0.29) is 46.6 Å². The Kier molecular flexibility index (Phi) is 5.94. The summed E-state index contributed by atoms with van der Waals surface area (Å²) in [6, 6.07) is 2.44. The molecule has 6 nitrogen and oxygen atoms in total. The van der Waals surface area contributed by atoms with Gasteiger partial charge >= 0.3 is 5.97 Å². The van der Waals surface area contributed by atoms with Crippen LogP contribution in [-0.2, 0) is 14.6 Å². The lowest BCUT2D eigenvalue weighted by Gasteiger charge is -2.11. The van der Waals surface area contributed by atoms with E-state index in [1.165, 1.54) is 19.1 Å². The Morgan fingerprint density at radius 2 is 2.00 bits per heavy atom. The highest BCUT2D eigenvalue weighted by Gasteiger charge is 2.22. The molecule has 0 bridgehead atoms. The van der Waals surface area contributed by atoms with Gasteiger partial charge in [0.1, 0.15) is 0 Å². The van der Waals surface area contributed by atoms with Gasteiger partial charge in [-0.1, -0.05) is 11.6 Å². The molecule has 8 heteroatoms. The molecule has 0 unspecified atom stereocenters. The van der Waals surface area contributed by atoms with E-state index in [9.17, 15) is 13.2 Å². The van der Waals surface area contributed by atoms with E-state index >= 15 is 0 Å². The fraction of sp³-hybridized carbons (Fsp3) is 0.417. The maximum atomic E-state index is 12.1. The first kappa shape index (κ1) is 16.9. The summed E-state index contributed by atoms with van der Waals surface area (Å²) in [6.07, 6.45) is 0. The van der Waals surface area contributed by atoms with Gasteiger partial charge in [-0.25, -0.2) is 13.2 Å². The van der Waals surface area contributed by atoms with Gasteiger partial charge < -0.3 is 14.9 Å². The zero-order valence-electron chi connectivity index (χ0n) is 10.8. The number of aliphatic hydroxyl groups is 1. The second-order valence-corrected chi connectivity index (χ2v) is 6.55. The minimum absolute atomic E-state index is 0.0443. The average Bonchev–Trinajstić information content (AvgIpc) is 2.36. The van der Waals surface area contributed by atoms with Crippen LogP contribution in [0.1, 0.15) is 15.9 Å². The summed E-state index contributed by atoms with van der Waals surface area (Å²) in [5, 5.41) is 17.6. The second kappa shape index (κ2) is 7.03. The van der Waals surface area contributed by atoms with Crippen molar-refractivity contribution in [1.29, 1.82) is 0 Å². The molecule has 0 aliphatic rings. The van der Waals surface area contributed by atoms with Crippen LogP contribution < -0.4 is 0 Å². The van der Waals surface area contributed by atoms with E-state index in [0.29, 0.717) is 0 Å². The van der Waals surface area contributed by atoms with Crippen LogP contribution in [0.5, 0.6) is 0 Å². The van der Waals surface area contributed by atoms with Crippen LogP contribution >= 0.6 is 11.6 Å². The highest BCUT2D eigenvalue weighted by molar-refractivity contribution is 7.91. The molecular formula is C12H15ClO6S. The molecule has 0 saturated carbocycles. The second-order valence-electron chi connectivity index (χ2n) is 4.04. The molecule has 0 saturated heterocycles. The molecule has 2 N–H and O–H groups in total. The van der Waals surface area contributed by atoms with Crippen molar-refractivity contribution in [2.45, 2.75) is 11.8 Å². The number of benzene rings is 1. The Bertz CT molecular complexity index is 596. The van der Waals surface area contributed by atoms with Crippen LogP contribution in [0, 0.1) is 6.92 Å². The molecule has 1 aromatic rings. The van der Waals surface area contributed by atoms with Crippen LogP contribution in [0.15, 0.2) is 17.0 Å². The van der Waals surface area contributed by atoms with Gasteiger partial charge in [-0.3, -0.25) is 0 Å². The number of carboxylic acid groups (broad SMARTS) is 1. The smallest absolute Gasteiger partial charge is 0.336 e. The number of hydrogen-bond donors (Lipinski definition) is 2. The number of halogens is 1. The lowest BCUT2D eigenvalue weighted by molar-refractivity contribution is 0.0696. The summed E-state index contributed by atoms with van der Waals surface area (Å²) >= 11 is 5.76. The molecule has 1 aromatic carbocycles. The lowest BCUT2D eigenvalue weighted by Crippen LogP contribution is -2.16. The molecule has 0 amide bonds. The first-order valence-electron chi connectivity index (χ1n) is 5.74. The molecular weight excluding hydrogens is 308 g/mol. The molecule has 0 spiro atoms. The van der Waals surface area contributed by atoms with Gasteiger partial charge in [0.15, 0.2) is 9.84 Å². The van der Waals surface area contributed by atoms with Crippen molar-refractivity contribution in [3.8, 4) is 0 Å². The SMILES string of the molecule is Cc1c(C(=O)O)cc(Cl)cc1S(=O)(=O)CCOCCO. The van der Waals surface area contributed by atoms with Crippen LogP contribution in [0.3, 0.4) is 0 Å². The van der Waals surface area contributed by atoms with Crippen LogP contribution in [0.25, 0.3) is 0 Å². The maximum Gasteiger partial charge on any atom is 0.336 e. The Morgan fingerprint density at radius 1 is 1.35 bits per heavy atom. The van der Waals surface area contributed by atoms with Crippen molar-refractivity contribution < 1.29 is 28.2 Å². The van der Waals surface area contributed by atoms with E-state index < -0.39 is 15.8 Å². The van der Waals surface area contributed by atoms with Gasteiger partial charge in [0.05, 0.1) is 36.0 Å². The lowest BCUT2D eigenvalue weighted by atomic mass is 10.1. The van der Waals surface area contributed by atoms with Crippen molar-refractivity contribution in [1.82, 2.24) is 0 Å². The highest BCUT2D eigenvalue weighted by atomic mass is 35.5. The first-order chi connectivity index (χ1) is 9.29. The number of carboxylic acids is 1. The molecule has 0 aliphatic heterocycles. The van der Waals surface area contributed by atoms with Gasteiger partial charge in [-0.2, -0.15) is 0 Å². The topological polar surface area (TPSA) is 101 Å². The molecule has 0 aromatic heterocycles. The largest absolute Gasteiger partial charge is 0.478 e. The Hall–Kier alpha value is -1.15. The molecule has 20 heavy (non-hydrogen) atoms. The van der Waals surface area contributed by atoms with E-state index in [4.69, 9.17) is 26.6 Å². The van der Waals surface area contributed by atoms with Crippen molar-refractivity contribution in [3.63, 3.8) is 0 Å². The predicted molar refractivity (Wildman–Crippen MR) is 73.1 cm³/mol. The zero-order chi connectivity index (χ0) is 15.3. The van der Waals surface area contributed by atoms with Crippen LogP contribution in [-0.4, -0.2) is 50.2 Å². The molecule has 0 heterocycles. The van der Waals surface area contributed by atoms with Crippen molar-refractivity contribution in [2.75, 3.05) is 25.6 Å². The monoisotopic (exact) mass is 322 g/mol. The molecule has 0 fully saturated rings. The van der Waals surface area contributed by atoms with Gasteiger partial charge in [0.2, 0.25) is 0 Å². The van der Waals surface area contributed by atoms with E-state index in [1.807, 2.05) is 0 Å². The molecule has 0 atom stereocenters. The fourth-order valence-electron chi connectivity index (χ4n) is 1.64. The van der Waals surface area contributed by atoms with Crippen molar-refractivity contribution >= 4 is 27.4 Å². The van der Waals surface area contributed by atoms with Crippen molar-refractivity contribution in [3.05, 3.63) is 28.3 Å². The number of rotatable bonds is 7. The summed E-state index contributed by atoms with van der Waals surface area (Å²) in [5.74, 6) is -1.55. The molecule has 1 rings (SSSR count). The number of sulfone groups is 1. The molecule has 0 radical (unpaired) electrons. The summed E-state index contributed by atoms with van der Waals surface area (Å²) in [4.78, 5) is 10.9. The molecule has 0 aliphatic carbocycles.